The Kier molecular flexibility index (Phi) is 6.18. The van der Waals surface area contributed by atoms with Crippen LogP contribution in [0.4, 0.5) is 5.69 Å². The molecule has 152 valence electrons. The fourth-order valence-electron chi connectivity index (χ4n) is 2.58. The van der Waals surface area contributed by atoms with E-state index in [0.717, 1.165) is 5.75 Å². The first-order valence-electron chi connectivity index (χ1n) is 9.01. The zero-order chi connectivity index (χ0) is 20.8. The fourth-order valence-corrected chi connectivity index (χ4v) is 2.58. The summed E-state index contributed by atoms with van der Waals surface area (Å²) in [5.74, 6) is 1.12. The van der Waals surface area contributed by atoms with Crippen LogP contribution < -0.4 is 20.1 Å². The van der Waals surface area contributed by atoms with Gasteiger partial charge in [0.2, 0.25) is 0 Å². The van der Waals surface area contributed by atoms with Crippen LogP contribution in [-0.4, -0.2) is 35.2 Å². The number of amides is 2. The van der Waals surface area contributed by atoms with Gasteiger partial charge < -0.3 is 24.5 Å². The van der Waals surface area contributed by atoms with Crippen LogP contribution in [0.5, 0.6) is 11.5 Å². The van der Waals surface area contributed by atoms with E-state index in [2.05, 4.69) is 15.7 Å². The number of rotatable bonds is 8. The molecule has 2 heterocycles. The highest BCUT2D eigenvalue weighted by atomic mass is 16.5. The lowest BCUT2D eigenvalue weighted by Crippen LogP contribution is -2.21. The molecule has 29 heavy (non-hydrogen) atoms. The second kappa shape index (κ2) is 8.96. The minimum Gasteiger partial charge on any atom is -0.494 e. The largest absolute Gasteiger partial charge is 0.494 e. The molecule has 9 heteroatoms. The van der Waals surface area contributed by atoms with Gasteiger partial charge in [0.05, 0.1) is 12.3 Å². The summed E-state index contributed by atoms with van der Waals surface area (Å²) < 4.78 is 18.0. The summed E-state index contributed by atoms with van der Waals surface area (Å²) in [7, 11) is 3.15. The Morgan fingerprint density at radius 2 is 1.76 bits per heavy atom. The third kappa shape index (κ3) is 4.95. The molecule has 3 aromatic rings. The van der Waals surface area contributed by atoms with Crippen molar-refractivity contribution in [3.8, 4) is 11.5 Å². The predicted molar refractivity (Wildman–Crippen MR) is 105 cm³/mol. The minimum atomic E-state index is -0.490. The first-order valence-corrected chi connectivity index (χ1v) is 9.01. The van der Waals surface area contributed by atoms with Gasteiger partial charge >= 0.3 is 0 Å². The van der Waals surface area contributed by atoms with E-state index < -0.39 is 11.8 Å². The van der Waals surface area contributed by atoms with Crippen molar-refractivity contribution in [3.05, 3.63) is 59.8 Å². The molecule has 2 N–H and O–H groups in total. The molecule has 0 aliphatic heterocycles. The molecule has 1 aromatic carbocycles. The molecular formula is C20H22N4O5. The second-order valence-corrected chi connectivity index (χ2v) is 6.06. The summed E-state index contributed by atoms with van der Waals surface area (Å²) >= 11 is 0. The van der Waals surface area contributed by atoms with Crippen LogP contribution in [0.15, 0.2) is 47.0 Å². The molecule has 0 spiro atoms. The maximum Gasteiger partial charge on any atom is 0.291 e. The van der Waals surface area contributed by atoms with Crippen molar-refractivity contribution in [2.24, 2.45) is 7.05 Å². The number of hydrogen-bond acceptors (Lipinski definition) is 6. The van der Waals surface area contributed by atoms with E-state index >= 15 is 0 Å². The summed E-state index contributed by atoms with van der Waals surface area (Å²) in [5.41, 5.74) is 0.411. The average Bonchev–Trinajstić information content (AvgIpc) is 3.34. The van der Waals surface area contributed by atoms with Gasteiger partial charge in [-0.15, -0.1) is 0 Å². The van der Waals surface area contributed by atoms with Crippen molar-refractivity contribution >= 4 is 17.5 Å². The van der Waals surface area contributed by atoms with Crippen LogP contribution in [-0.2, 0) is 13.7 Å². The Balaban J connectivity index is 1.61. The normalized spacial score (nSPS) is 10.4. The van der Waals surface area contributed by atoms with Crippen LogP contribution in [0, 0.1) is 0 Å². The SMILES string of the molecule is CCOc1ccc(OCc2ccc(C(=O)Nc3cn(C)nc3C(=O)NC)o2)cc1. The molecular weight excluding hydrogens is 376 g/mol. The monoisotopic (exact) mass is 398 g/mol. The van der Waals surface area contributed by atoms with Crippen molar-refractivity contribution in [2.75, 3.05) is 19.0 Å². The molecule has 0 bridgehead atoms. The Hall–Kier alpha value is -3.75. The molecule has 0 radical (unpaired) electrons. The molecule has 0 atom stereocenters. The van der Waals surface area contributed by atoms with Crippen LogP contribution in [0.3, 0.4) is 0 Å². The van der Waals surface area contributed by atoms with Gasteiger partial charge in [-0.05, 0) is 43.3 Å². The lowest BCUT2D eigenvalue weighted by Gasteiger charge is -2.06. The fraction of sp³-hybridized carbons (Fsp3) is 0.250. The topological polar surface area (TPSA) is 108 Å². The summed E-state index contributed by atoms with van der Waals surface area (Å²) in [6.07, 6.45) is 1.54. The molecule has 0 saturated heterocycles. The lowest BCUT2D eigenvalue weighted by molar-refractivity contribution is 0.0958. The number of nitrogens with zero attached hydrogens (tertiary/aromatic N) is 2. The van der Waals surface area contributed by atoms with Gasteiger partial charge in [-0.3, -0.25) is 14.3 Å². The standard InChI is InChI=1S/C20H22N4O5/c1-4-27-13-5-7-14(8-6-13)28-12-15-9-10-17(29-15)19(25)22-16-11-24(3)23-18(16)20(26)21-2/h5-11H,4,12H2,1-3H3,(H,21,26)(H,22,25). The number of nitrogens with one attached hydrogen (secondary N) is 2. The van der Waals surface area contributed by atoms with Crippen LogP contribution >= 0.6 is 0 Å². The molecule has 3 rings (SSSR count). The number of carbonyl (C=O) groups excluding carboxylic acids is 2. The van der Waals surface area contributed by atoms with Crippen LogP contribution in [0.25, 0.3) is 0 Å². The number of aryl methyl sites for hydroxylation is 1. The maximum atomic E-state index is 12.4. The first kappa shape index (κ1) is 20.0. The van der Waals surface area contributed by atoms with Gasteiger partial charge in [0.1, 0.15) is 23.9 Å². The van der Waals surface area contributed by atoms with Crippen molar-refractivity contribution < 1.29 is 23.5 Å². The average molecular weight is 398 g/mol. The van der Waals surface area contributed by atoms with Crippen molar-refractivity contribution in [3.63, 3.8) is 0 Å². The molecule has 0 aliphatic carbocycles. The van der Waals surface area contributed by atoms with E-state index in [9.17, 15) is 9.59 Å². The van der Waals surface area contributed by atoms with E-state index in [1.54, 1.807) is 37.5 Å². The molecule has 0 unspecified atom stereocenters. The molecule has 0 saturated carbocycles. The highest BCUT2D eigenvalue weighted by Crippen LogP contribution is 2.20. The Bertz CT molecular complexity index is 991. The lowest BCUT2D eigenvalue weighted by atomic mass is 10.3. The van der Waals surface area contributed by atoms with E-state index in [0.29, 0.717) is 23.8 Å². The number of hydrogen-bond donors (Lipinski definition) is 2. The predicted octanol–water partition coefficient (Wildman–Crippen LogP) is 2.60. The highest BCUT2D eigenvalue weighted by molar-refractivity contribution is 6.06. The molecule has 2 amide bonds. The number of anilines is 1. The number of ether oxygens (including phenoxy) is 2. The summed E-state index contributed by atoms with van der Waals surface area (Å²) in [6.45, 7) is 2.68. The summed E-state index contributed by atoms with van der Waals surface area (Å²) in [4.78, 5) is 24.3. The summed E-state index contributed by atoms with van der Waals surface area (Å²) in [6, 6.07) is 10.4. The molecule has 2 aromatic heterocycles. The van der Waals surface area contributed by atoms with E-state index in [-0.39, 0.29) is 18.1 Å². The Labute approximate surface area is 167 Å². The molecule has 0 fully saturated rings. The second-order valence-electron chi connectivity index (χ2n) is 6.06. The van der Waals surface area contributed by atoms with Gasteiger partial charge in [0.15, 0.2) is 11.5 Å². The van der Waals surface area contributed by atoms with Gasteiger partial charge in [-0.25, -0.2) is 0 Å². The molecule has 9 nitrogen and oxygen atoms in total. The quantitative estimate of drug-likeness (QED) is 0.604. The first-order chi connectivity index (χ1) is 14.0. The van der Waals surface area contributed by atoms with Crippen LogP contribution in [0.2, 0.25) is 0 Å². The number of furan rings is 1. The van der Waals surface area contributed by atoms with Crippen molar-refractivity contribution in [1.29, 1.82) is 0 Å². The number of carbonyl (C=O) groups is 2. The van der Waals surface area contributed by atoms with E-state index in [4.69, 9.17) is 13.9 Å². The van der Waals surface area contributed by atoms with Crippen molar-refractivity contribution in [1.82, 2.24) is 15.1 Å². The van der Waals surface area contributed by atoms with Crippen LogP contribution in [0.1, 0.15) is 33.7 Å². The summed E-state index contributed by atoms with van der Waals surface area (Å²) in [5, 5.41) is 9.16. The molecule has 0 aliphatic rings. The van der Waals surface area contributed by atoms with Gasteiger partial charge in [0.25, 0.3) is 11.8 Å². The van der Waals surface area contributed by atoms with Gasteiger partial charge in [-0.1, -0.05) is 0 Å². The van der Waals surface area contributed by atoms with Gasteiger partial charge in [0, 0.05) is 20.3 Å². The zero-order valence-corrected chi connectivity index (χ0v) is 16.4. The van der Waals surface area contributed by atoms with E-state index in [1.165, 1.54) is 11.7 Å². The number of aromatic nitrogens is 2. The van der Waals surface area contributed by atoms with Crippen molar-refractivity contribution in [2.45, 2.75) is 13.5 Å². The zero-order valence-electron chi connectivity index (χ0n) is 16.4. The third-order valence-corrected chi connectivity index (χ3v) is 3.92. The third-order valence-electron chi connectivity index (χ3n) is 3.92. The highest BCUT2D eigenvalue weighted by Gasteiger charge is 2.19. The van der Waals surface area contributed by atoms with Gasteiger partial charge in [-0.2, -0.15) is 5.10 Å². The number of benzene rings is 1. The van der Waals surface area contributed by atoms with E-state index in [1.807, 2.05) is 19.1 Å². The Morgan fingerprint density at radius 3 is 2.41 bits per heavy atom. The maximum absolute atomic E-state index is 12.4. The minimum absolute atomic E-state index is 0.0991. The Morgan fingerprint density at radius 1 is 1.07 bits per heavy atom. The smallest absolute Gasteiger partial charge is 0.291 e.